The SMILES string of the molecule is CCCCCCCCCCCC(=O)O[C@H](COC(=O)CCCCCCCCCC)COP(=O)(O)OC[C@H](O)COP(=O)(O)OC[C@@H](COC(=O)CCCCCCCCCCC(C)C)OC(=O)CCCCCCCCCCCCCC(C)C. The van der Waals surface area contributed by atoms with E-state index in [4.69, 9.17) is 37.0 Å². The Labute approximate surface area is 498 Å². The van der Waals surface area contributed by atoms with E-state index in [1.165, 1.54) is 122 Å². The molecule has 0 aliphatic heterocycles. The predicted octanol–water partition coefficient (Wildman–Crippen LogP) is 17.3. The maximum atomic E-state index is 13.0. The first-order valence-electron chi connectivity index (χ1n) is 33.0. The van der Waals surface area contributed by atoms with Crippen LogP contribution in [0.5, 0.6) is 0 Å². The molecule has 0 saturated heterocycles. The van der Waals surface area contributed by atoms with E-state index < -0.39 is 97.5 Å². The Morgan fingerprint density at radius 1 is 0.329 bits per heavy atom. The highest BCUT2D eigenvalue weighted by atomic mass is 31.2. The summed E-state index contributed by atoms with van der Waals surface area (Å²) in [5.74, 6) is -0.647. The molecule has 0 amide bonds. The van der Waals surface area contributed by atoms with E-state index in [1.54, 1.807) is 0 Å². The zero-order valence-corrected chi connectivity index (χ0v) is 54.6. The molecule has 19 heteroatoms. The van der Waals surface area contributed by atoms with Crippen molar-refractivity contribution in [2.45, 2.75) is 330 Å². The number of hydrogen-bond donors (Lipinski definition) is 3. The van der Waals surface area contributed by atoms with E-state index in [2.05, 4.69) is 41.5 Å². The van der Waals surface area contributed by atoms with Crippen LogP contribution >= 0.6 is 15.6 Å². The van der Waals surface area contributed by atoms with Gasteiger partial charge in [0.25, 0.3) is 0 Å². The summed E-state index contributed by atoms with van der Waals surface area (Å²) in [6.07, 6.45) is 37.6. The molecular formula is C63H122O17P2. The lowest BCUT2D eigenvalue weighted by atomic mass is 10.0. The summed E-state index contributed by atoms with van der Waals surface area (Å²) in [7, 11) is -9.88. The molecule has 2 unspecified atom stereocenters. The molecule has 0 aromatic rings. The van der Waals surface area contributed by atoms with Crippen molar-refractivity contribution in [2.24, 2.45) is 11.8 Å². The van der Waals surface area contributed by atoms with Crippen LogP contribution in [-0.4, -0.2) is 96.7 Å². The van der Waals surface area contributed by atoms with Gasteiger partial charge in [0.1, 0.15) is 19.3 Å². The minimum atomic E-state index is -4.94. The number of aliphatic hydroxyl groups is 1. The van der Waals surface area contributed by atoms with Crippen molar-refractivity contribution in [3.05, 3.63) is 0 Å². The first kappa shape index (κ1) is 80.1. The Kier molecular flexibility index (Phi) is 54.3. The quantitative estimate of drug-likeness (QED) is 0.0222. The summed E-state index contributed by atoms with van der Waals surface area (Å²) >= 11 is 0. The molecule has 5 atom stereocenters. The molecule has 0 radical (unpaired) electrons. The molecule has 0 heterocycles. The van der Waals surface area contributed by atoms with Crippen molar-refractivity contribution in [2.75, 3.05) is 39.6 Å². The lowest BCUT2D eigenvalue weighted by Crippen LogP contribution is -2.30. The van der Waals surface area contributed by atoms with Crippen molar-refractivity contribution in [1.82, 2.24) is 0 Å². The standard InChI is InChI=1S/C63H122O17P2/c1-7-9-11-13-15-20-29-35-41-47-62(67)79-58(51-73-60(65)45-39-33-27-16-14-12-10-8-2)53-77-81(69,70)75-49-57(64)50-76-82(71,72)78-54-59(52-74-61(66)46-40-34-28-24-23-26-32-38-44-56(5)6)80-63(68)48-42-36-30-22-19-17-18-21-25-31-37-43-55(3)4/h55-59,64H,7-54H2,1-6H3,(H,69,70)(H,71,72)/t57-,58+,59+/m0/s1. The predicted molar refractivity (Wildman–Crippen MR) is 326 cm³/mol. The highest BCUT2D eigenvalue weighted by Crippen LogP contribution is 2.45. The van der Waals surface area contributed by atoms with Crippen LogP contribution in [0.1, 0.15) is 311 Å². The monoisotopic (exact) mass is 1210 g/mol. The van der Waals surface area contributed by atoms with E-state index in [1.807, 2.05) is 0 Å². The zero-order valence-electron chi connectivity index (χ0n) is 52.8. The third-order valence-electron chi connectivity index (χ3n) is 14.5. The Bertz CT molecular complexity index is 1620. The average molecular weight is 1210 g/mol. The summed E-state index contributed by atoms with van der Waals surface area (Å²) in [5.41, 5.74) is 0. The molecule has 0 rings (SSSR count). The van der Waals surface area contributed by atoms with Crippen LogP contribution in [0.4, 0.5) is 0 Å². The van der Waals surface area contributed by atoms with Gasteiger partial charge in [-0.05, 0) is 37.5 Å². The maximum absolute atomic E-state index is 13.0. The van der Waals surface area contributed by atoms with Crippen molar-refractivity contribution in [3.63, 3.8) is 0 Å². The normalized spacial score (nSPS) is 14.3. The van der Waals surface area contributed by atoms with E-state index in [0.29, 0.717) is 25.7 Å². The molecule has 0 spiro atoms. The number of phosphoric acid groups is 2. The third kappa shape index (κ3) is 57.2. The van der Waals surface area contributed by atoms with Gasteiger partial charge in [-0.25, -0.2) is 9.13 Å². The lowest BCUT2D eigenvalue weighted by Gasteiger charge is -2.21. The van der Waals surface area contributed by atoms with Crippen LogP contribution < -0.4 is 0 Å². The van der Waals surface area contributed by atoms with Gasteiger partial charge in [0, 0.05) is 25.7 Å². The number of carbonyl (C=O) groups is 4. The number of unbranched alkanes of at least 4 members (excludes halogenated alkanes) is 32. The maximum Gasteiger partial charge on any atom is 0.472 e. The molecule has 0 aliphatic carbocycles. The topological polar surface area (TPSA) is 237 Å². The van der Waals surface area contributed by atoms with Crippen molar-refractivity contribution in [3.8, 4) is 0 Å². The Morgan fingerprint density at radius 2 is 0.561 bits per heavy atom. The number of aliphatic hydroxyl groups excluding tert-OH is 1. The van der Waals surface area contributed by atoms with Crippen LogP contribution in [0.3, 0.4) is 0 Å². The summed E-state index contributed by atoms with van der Waals surface area (Å²) in [6, 6.07) is 0. The van der Waals surface area contributed by atoms with Gasteiger partial charge in [-0.1, -0.05) is 260 Å². The van der Waals surface area contributed by atoms with Gasteiger partial charge < -0.3 is 33.8 Å². The van der Waals surface area contributed by atoms with E-state index >= 15 is 0 Å². The third-order valence-corrected chi connectivity index (χ3v) is 16.4. The van der Waals surface area contributed by atoms with Gasteiger partial charge >= 0.3 is 39.5 Å². The zero-order chi connectivity index (χ0) is 60.8. The van der Waals surface area contributed by atoms with Gasteiger partial charge in [-0.15, -0.1) is 0 Å². The second-order valence-corrected chi connectivity index (χ2v) is 26.7. The molecule has 0 fully saturated rings. The van der Waals surface area contributed by atoms with Crippen LogP contribution in [0, 0.1) is 11.8 Å². The Morgan fingerprint density at radius 3 is 0.829 bits per heavy atom. The number of phosphoric ester groups is 2. The first-order chi connectivity index (χ1) is 39.4. The number of esters is 4. The van der Waals surface area contributed by atoms with Gasteiger partial charge in [-0.3, -0.25) is 37.3 Å². The molecule has 0 bridgehead atoms. The Balaban J connectivity index is 5.22. The number of ether oxygens (including phenoxy) is 4. The summed E-state index contributed by atoms with van der Waals surface area (Å²) in [5, 5.41) is 10.5. The van der Waals surface area contributed by atoms with Crippen LogP contribution in [0.15, 0.2) is 0 Å². The molecule has 3 N–H and O–H groups in total. The van der Waals surface area contributed by atoms with Gasteiger partial charge in [0.05, 0.1) is 26.4 Å². The van der Waals surface area contributed by atoms with Crippen molar-refractivity contribution >= 4 is 39.5 Å². The Hall–Kier alpha value is -1.94. The molecule has 0 saturated carbocycles. The van der Waals surface area contributed by atoms with Crippen LogP contribution in [0.2, 0.25) is 0 Å². The number of carbonyl (C=O) groups excluding carboxylic acids is 4. The first-order valence-corrected chi connectivity index (χ1v) is 36.0. The summed E-state index contributed by atoms with van der Waals surface area (Å²) in [6.45, 7) is 9.41. The molecule has 82 heavy (non-hydrogen) atoms. The average Bonchev–Trinajstić information content (AvgIpc) is 3.45. The molecule has 0 aromatic heterocycles. The highest BCUT2D eigenvalue weighted by molar-refractivity contribution is 7.47. The second kappa shape index (κ2) is 55.6. The molecule has 0 aliphatic rings. The van der Waals surface area contributed by atoms with Crippen LogP contribution in [0.25, 0.3) is 0 Å². The summed E-state index contributed by atoms with van der Waals surface area (Å²) in [4.78, 5) is 72.1. The minimum Gasteiger partial charge on any atom is -0.462 e. The smallest absolute Gasteiger partial charge is 0.462 e. The minimum absolute atomic E-state index is 0.105. The van der Waals surface area contributed by atoms with Gasteiger partial charge in [-0.2, -0.15) is 0 Å². The van der Waals surface area contributed by atoms with Gasteiger partial charge in [0.15, 0.2) is 12.2 Å². The van der Waals surface area contributed by atoms with E-state index in [-0.39, 0.29) is 25.7 Å². The van der Waals surface area contributed by atoms with Crippen molar-refractivity contribution < 1.29 is 80.2 Å². The fraction of sp³-hybridized carbons (Fsp3) is 0.937. The van der Waals surface area contributed by atoms with Gasteiger partial charge in [0.2, 0.25) is 0 Å². The number of rotatable bonds is 62. The molecule has 486 valence electrons. The molecule has 17 nitrogen and oxygen atoms in total. The lowest BCUT2D eigenvalue weighted by molar-refractivity contribution is -0.161. The fourth-order valence-corrected chi connectivity index (χ4v) is 10.9. The second-order valence-electron chi connectivity index (χ2n) is 23.7. The molecular weight excluding hydrogens is 1090 g/mol. The van der Waals surface area contributed by atoms with E-state index in [0.717, 1.165) is 108 Å². The largest absolute Gasteiger partial charge is 0.472 e. The summed E-state index contributed by atoms with van der Waals surface area (Å²) < 4.78 is 67.9. The van der Waals surface area contributed by atoms with Crippen molar-refractivity contribution in [1.29, 1.82) is 0 Å². The fourth-order valence-electron chi connectivity index (χ4n) is 9.35. The highest BCUT2D eigenvalue weighted by Gasteiger charge is 2.30. The van der Waals surface area contributed by atoms with E-state index in [9.17, 15) is 43.2 Å². The molecule has 0 aromatic carbocycles. The van der Waals surface area contributed by atoms with Crippen LogP contribution in [-0.2, 0) is 65.4 Å². The number of hydrogen-bond acceptors (Lipinski definition) is 15.